The van der Waals surface area contributed by atoms with Crippen LogP contribution < -0.4 is 0 Å². The summed E-state index contributed by atoms with van der Waals surface area (Å²) >= 11 is 0. The third kappa shape index (κ3) is 7.42. The summed E-state index contributed by atoms with van der Waals surface area (Å²) in [6.45, 7) is 3.36. The number of pyridine rings is 2. The molecule has 2 aromatic heterocycles. The molecular formula is C39H36N4O2. The number of amides is 2. The molecule has 0 spiro atoms. The maximum absolute atomic E-state index is 14.5. The Morgan fingerprint density at radius 2 is 1.58 bits per heavy atom. The van der Waals surface area contributed by atoms with Gasteiger partial charge in [-0.05, 0) is 65.4 Å². The molecule has 0 bridgehead atoms. The van der Waals surface area contributed by atoms with Gasteiger partial charge >= 0.3 is 0 Å². The predicted octanol–water partition coefficient (Wildman–Crippen LogP) is 6.69. The quantitative estimate of drug-likeness (QED) is 0.179. The average molecular weight is 593 g/mol. The second-order valence-corrected chi connectivity index (χ2v) is 11.4. The van der Waals surface area contributed by atoms with Crippen molar-refractivity contribution in [2.75, 3.05) is 6.54 Å². The Morgan fingerprint density at radius 1 is 0.822 bits per heavy atom. The van der Waals surface area contributed by atoms with Gasteiger partial charge in [0.15, 0.2) is 0 Å². The van der Waals surface area contributed by atoms with Crippen LogP contribution in [0.25, 0.3) is 17.3 Å². The van der Waals surface area contributed by atoms with E-state index in [1.807, 2.05) is 109 Å². The monoisotopic (exact) mass is 592 g/mol. The van der Waals surface area contributed by atoms with Crippen LogP contribution in [0.2, 0.25) is 0 Å². The molecule has 3 heterocycles. The molecule has 1 aliphatic heterocycles. The van der Waals surface area contributed by atoms with Gasteiger partial charge in [0, 0.05) is 55.8 Å². The van der Waals surface area contributed by atoms with Crippen molar-refractivity contribution in [2.45, 2.75) is 38.9 Å². The molecule has 3 aromatic carbocycles. The van der Waals surface area contributed by atoms with Crippen molar-refractivity contribution in [1.82, 2.24) is 19.8 Å². The number of hydrogen-bond donors (Lipinski definition) is 0. The van der Waals surface area contributed by atoms with Gasteiger partial charge in [-0.15, -0.1) is 0 Å². The van der Waals surface area contributed by atoms with Crippen molar-refractivity contribution >= 4 is 17.9 Å². The Kier molecular flexibility index (Phi) is 9.21. The number of fused-ring (bicyclic) bond motifs is 1. The van der Waals surface area contributed by atoms with Crippen LogP contribution >= 0.6 is 0 Å². The highest BCUT2D eigenvalue weighted by molar-refractivity contribution is 5.95. The molecule has 0 aliphatic carbocycles. The summed E-state index contributed by atoms with van der Waals surface area (Å²) in [5.41, 5.74) is 7.98. The molecule has 5 aromatic rings. The summed E-state index contributed by atoms with van der Waals surface area (Å²) in [4.78, 5) is 41.1. The highest BCUT2D eigenvalue weighted by Gasteiger charge is 2.34. The molecule has 0 unspecified atom stereocenters. The Balaban J connectivity index is 1.34. The van der Waals surface area contributed by atoms with E-state index in [0.29, 0.717) is 19.5 Å². The molecular weight excluding hydrogens is 556 g/mol. The molecule has 2 amide bonds. The number of benzene rings is 3. The SMILES string of the molecule is Cc1ccc(C=CC(=O)N(Cc2ccc(-c3ccccn3)cc2)[C@@H](Cc2ccccc2)C(=O)N2CCc3ccccc3C2)cn1. The lowest BCUT2D eigenvalue weighted by Gasteiger charge is -2.37. The first kappa shape index (κ1) is 29.7. The zero-order chi connectivity index (χ0) is 31.0. The Labute approximate surface area is 264 Å². The van der Waals surface area contributed by atoms with E-state index in [1.54, 1.807) is 29.4 Å². The molecule has 0 saturated heterocycles. The fraction of sp³-hybridized carbons (Fsp3) is 0.179. The molecule has 45 heavy (non-hydrogen) atoms. The number of aryl methyl sites for hydroxylation is 1. The predicted molar refractivity (Wildman–Crippen MR) is 178 cm³/mol. The maximum atomic E-state index is 14.5. The number of carbonyl (C=O) groups is 2. The first-order valence-electron chi connectivity index (χ1n) is 15.3. The van der Waals surface area contributed by atoms with Crippen molar-refractivity contribution < 1.29 is 9.59 Å². The van der Waals surface area contributed by atoms with Crippen LogP contribution in [0.3, 0.4) is 0 Å². The maximum Gasteiger partial charge on any atom is 0.247 e. The minimum absolute atomic E-state index is 0.0442. The smallest absolute Gasteiger partial charge is 0.247 e. The Morgan fingerprint density at radius 3 is 2.31 bits per heavy atom. The number of nitrogens with zero attached hydrogens (tertiary/aromatic N) is 4. The van der Waals surface area contributed by atoms with Crippen molar-refractivity contribution in [3.05, 3.63) is 161 Å². The molecule has 6 heteroatoms. The number of hydrogen-bond acceptors (Lipinski definition) is 4. The van der Waals surface area contributed by atoms with Gasteiger partial charge < -0.3 is 9.80 Å². The third-order valence-electron chi connectivity index (χ3n) is 8.28. The van der Waals surface area contributed by atoms with Gasteiger partial charge in [-0.2, -0.15) is 0 Å². The van der Waals surface area contributed by atoms with Crippen molar-refractivity contribution in [3.63, 3.8) is 0 Å². The first-order valence-corrected chi connectivity index (χ1v) is 15.3. The molecule has 0 N–H and O–H groups in total. The van der Waals surface area contributed by atoms with E-state index in [4.69, 9.17) is 0 Å². The largest absolute Gasteiger partial charge is 0.336 e. The van der Waals surface area contributed by atoms with E-state index in [1.165, 1.54) is 5.56 Å². The summed E-state index contributed by atoms with van der Waals surface area (Å²) in [6, 6.07) is 35.3. The number of carbonyl (C=O) groups excluding carboxylic acids is 2. The van der Waals surface area contributed by atoms with E-state index in [-0.39, 0.29) is 18.4 Å². The van der Waals surface area contributed by atoms with Gasteiger partial charge in [0.2, 0.25) is 11.8 Å². The van der Waals surface area contributed by atoms with E-state index >= 15 is 0 Å². The van der Waals surface area contributed by atoms with Crippen molar-refractivity contribution in [2.24, 2.45) is 0 Å². The lowest BCUT2D eigenvalue weighted by Crippen LogP contribution is -2.52. The number of aromatic nitrogens is 2. The van der Waals surface area contributed by atoms with Crippen molar-refractivity contribution in [1.29, 1.82) is 0 Å². The second kappa shape index (κ2) is 14.0. The fourth-order valence-corrected chi connectivity index (χ4v) is 5.76. The summed E-state index contributed by atoms with van der Waals surface area (Å²) in [7, 11) is 0. The summed E-state index contributed by atoms with van der Waals surface area (Å²) in [5, 5.41) is 0. The van der Waals surface area contributed by atoms with E-state index in [0.717, 1.165) is 45.6 Å². The highest BCUT2D eigenvalue weighted by atomic mass is 16.2. The van der Waals surface area contributed by atoms with Crippen LogP contribution in [0.4, 0.5) is 0 Å². The van der Waals surface area contributed by atoms with Gasteiger partial charge in [-0.1, -0.05) is 91.0 Å². The van der Waals surface area contributed by atoms with Crippen molar-refractivity contribution in [3.8, 4) is 11.3 Å². The lowest BCUT2D eigenvalue weighted by atomic mass is 9.97. The summed E-state index contributed by atoms with van der Waals surface area (Å²) in [6.07, 6.45) is 8.06. The van der Waals surface area contributed by atoms with Crippen LogP contribution in [0.5, 0.6) is 0 Å². The van der Waals surface area contributed by atoms with Crippen LogP contribution in [0.1, 0.15) is 33.5 Å². The molecule has 1 atom stereocenters. The average Bonchev–Trinajstić information content (AvgIpc) is 3.10. The van der Waals surface area contributed by atoms with Gasteiger partial charge in [-0.25, -0.2) is 0 Å². The topological polar surface area (TPSA) is 66.4 Å². The molecule has 0 radical (unpaired) electrons. The molecule has 6 nitrogen and oxygen atoms in total. The normalized spacial score (nSPS) is 13.3. The minimum atomic E-state index is -0.693. The van der Waals surface area contributed by atoms with Gasteiger partial charge in [0.25, 0.3) is 0 Å². The van der Waals surface area contributed by atoms with Gasteiger partial charge in [-0.3, -0.25) is 19.6 Å². The summed E-state index contributed by atoms with van der Waals surface area (Å²) in [5.74, 6) is -0.270. The zero-order valence-electron chi connectivity index (χ0n) is 25.4. The molecule has 0 fully saturated rings. The van der Waals surface area contributed by atoms with E-state index in [2.05, 4.69) is 22.1 Å². The zero-order valence-corrected chi connectivity index (χ0v) is 25.4. The second-order valence-electron chi connectivity index (χ2n) is 11.4. The van der Waals surface area contributed by atoms with E-state index in [9.17, 15) is 9.59 Å². The van der Waals surface area contributed by atoms with Gasteiger partial charge in [0.1, 0.15) is 6.04 Å². The lowest BCUT2D eigenvalue weighted by molar-refractivity contribution is -0.144. The fourth-order valence-electron chi connectivity index (χ4n) is 5.76. The Bertz CT molecular complexity index is 1770. The van der Waals surface area contributed by atoms with Crippen LogP contribution in [0.15, 0.2) is 128 Å². The summed E-state index contributed by atoms with van der Waals surface area (Å²) < 4.78 is 0. The minimum Gasteiger partial charge on any atom is -0.336 e. The van der Waals surface area contributed by atoms with Crippen LogP contribution in [0, 0.1) is 6.92 Å². The molecule has 224 valence electrons. The highest BCUT2D eigenvalue weighted by Crippen LogP contribution is 2.24. The van der Waals surface area contributed by atoms with Crippen LogP contribution in [-0.2, 0) is 35.5 Å². The molecule has 1 aliphatic rings. The van der Waals surface area contributed by atoms with E-state index < -0.39 is 6.04 Å². The van der Waals surface area contributed by atoms with Crippen LogP contribution in [-0.4, -0.2) is 44.2 Å². The molecule has 0 saturated carbocycles. The Hall–Kier alpha value is -5.36. The standard InChI is InChI=1S/C39H36N4O2/c1-29-14-15-31(26-41-29)18-21-38(44)43(27-32-16-19-34(20-17-32)36-13-7-8-23-40-36)37(25-30-9-3-2-4-10-30)39(45)42-24-22-33-11-5-6-12-35(33)28-42/h2-21,23,26,37H,22,24-25,27-28H2,1H3/t37-/m0/s1. The number of rotatable bonds is 9. The third-order valence-corrected chi connectivity index (χ3v) is 8.28. The molecule has 6 rings (SSSR count). The van der Waals surface area contributed by atoms with Gasteiger partial charge in [0.05, 0.1) is 5.69 Å². The first-order chi connectivity index (χ1) is 22.0.